The van der Waals surface area contributed by atoms with E-state index in [1.165, 1.54) is 12.0 Å². The zero-order chi connectivity index (χ0) is 47.5. The number of hydrogen-bond donors (Lipinski definition) is 5. The maximum absolute atomic E-state index is 14.3. The van der Waals surface area contributed by atoms with E-state index in [1.807, 2.05) is 58.1 Å². The van der Waals surface area contributed by atoms with Crippen LogP contribution in [0.2, 0.25) is 0 Å². The summed E-state index contributed by atoms with van der Waals surface area (Å²) in [6.07, 6.45) is 10.8. The molecule has 1 saturated carbocycles. The van der Waals surface area contributed by atoms with Crippen molar-refractivity contribution in [3.8, 4) is 0 Å². The summed E-state index contributed by atoms with van der Waals surface area (Å²) in [5.74, 6) is -5.49. The Morgan fingerprint density at radius 3 is 2.25 bits per heavy atom. The zero-order valence-corrected chi connectivity index (χ0v) is 39.7. The van der Waals surface area contributed by atoms with Gasteiger partial charge in [0, 0.05) is 51.0 Å². The Morgan fingerprint density at radius 2 is 1.58 bits per heavy atom. The maximum atomic E-state index is 14.3. The molecular weight excluding hydrogens is 821 g/mol. The van der Waals surface area contributed by atoms with Gasteiger partial charge in [0.2, 0.25) is 0 Å². The number of hydrogen-bond acceptors (Lipinski definition) is 13. The summed E-state index contributed by atoms with van der Waals surface area (Å²) in [4.78, 5) is 71.7. The highest BCUT2D eigenvalue weighted by molar-refractivity contribution is 6.39. The van der Waals surface area contributed by atoms with Crippen molar-refractivity contribution in [1.29, 1.82) is 0 Å². The van der Waals surface area contributed by atoms with E-state index in [2.05, 4.69) is 5.32 Å². The lowest BCUT2D eigenvalue weighted by molar-refractivity contribution is -0.173. The number of nitrogens with zero attached hydrogens (tertiary/aromatic N) is 1. The van der Waals surface area contributed by atoms with Gasteiger partial charge in [-0.3, -0.25) is 24.5 Å². The molecule has 0 aromatic rings. The standard InChI is InChI=1S/C50H78N2O12/c1-29-15-11-10-12-16-30(2)42(62-8)27-37-20-18-35(7)50(61,51-37)47(58)48(59)52-22-14-13-17-38(52)49(60)64-43(32(4)25-36-19-21-39(53)41(55)26-36)28-40(54)31(3)24-34(6)45(57)46(63-9)44(56)33(5)23-29/h10-12,15-16,24,29,31-33,35-39,41-43,45-46,51,53,55,57,61H,13-14,17-23,25-28H2,1-9H3/b12-10+,15-11-,30-16+,34-24+/t29-,31-,32-,33-,35-,36+,37+,38?,39-,41-,42+,43+,45-,46+,50+/m1/s1. The molecule has 14 nitrogen and oxygen atoms in total. The van der Waals surface area contributed by atoms with Gasteiger partial charge < -0.3 is 39.5 Å². The first-order chi connectivity index (χ1) is 30.2. The first kappa shape index (κ1) is 53.2. The molecule has 0 spiro atoms. The number of allylic oxidation sites excluding steroid dienone is 6. The SMILES string of the molecule is CO[C@H]1C[C@@H]2CC[C@@H](C)[C@@](O)(N2)C(=O)C(=O)N2CCCCC2C(=O)O[C@H]([C@H](C)C[C@@H]2CC[C@@H](O)[C@H](O)C2)CC(=O)[C@H](C)/C=C(\C)[C@@H](O)[C@@H](OC)C(=O)[C@H](C)C[C@H](C)\C=C/C=C/C=C/1C. The predicted molar refractivity (Wildman–Crippen MR) is 242 cm³/mol. The number of ketones is 3. The topological polar surface area (TPSA) is 209 Å². The number of fused-ring (bicyclic) bond motifs is 3. The largest absolute Gasteiger partial charge is 0.460 e. The van der Waals surface area contributed by atoms with E-state index in [-0.39, 0.29) is 60.9 Å². The fourth-order valence-corrected chi connectivity index (χ4v) is 10.1. The maximum Gasteiger partial charge on any atom is 0.329 e. The number of nitrogens with one attached hydrogen (secondary N) is 1. The van der Waals surface area contributed by atoms with Gasteiger partial charge in [-0.1, -0.05) is 71.1 Å². The van der Waals surface area contributed by atoms with Crippen molar-refractivity contribution in [2.45, 2.75) is 180 Å². The third kappa shape index (κ3) is 13.8. The number of methoxy groups -OCH3 is 2. The number of esters is 1. The number of ether oxygens (including phenoxy) is 3. The Bertz CT molecular complexity index is 1740. The average molecular weight is 899 g/mol. The van der Waals surface area contributed by atoms with Crippen molar-refractivity contribution in [1.82, 2.24) is 10.2 Å². The summed E-state index contributed by atoms with van der Waals surface area (Å²) in [7, 11) is 2.97. The van der Waals surface area contributed by atoms with Crippen molar-refractivity contribution in [2.24, 2.45) is 35.5 Å². The number of piperidine rings is 2. The Balaban J connectivity index is 1.70. The van der Waals surface area contributed by atoms with E-state index in [1.54, 1.807) is 34.0 Å². The molecule has 2 saturated heterocycles. The summed E-state index contributed by atoms with van der Waals surface area (Å²) in [5.41, 5.74) is -0.897. The van der Waals surface area contributed by atoms with Crippen molar-refractivity contribution in [3.63, 3.8) is 0 Å². The van der Waals surface area contributed by atoms with Gasteiger partial charge in [0.05, 0.1) is 18.3 Å². The summed E-state index contributed by atoms with van der Waals surface area (Å²) in [5, 5.41) is 47.1. The number of aliphatic hydroxyl groups excluding tert-OH is 3. The van der Waals surface area contributed by atoms with Crippen LogP contribution in [0.4, 0.5) is 0 Å². The van der Waals surface area contributed by atoms with Crippen molar-refractivity contribution < 1.29 is 58.6 Å². The van der Waals surface area contributed by atoms with E-state index in [0.29, 0.717) is 69.8 Å². The quantitative estimate of drug-likeness (QED) is 0.139. The van der Waals surface area contributed by atoms with Gasteiger partial charge >= 0.3 is 5.97 Å². The van der Waals surface area contributed by atoms with E-state index in [4.69, 9.17) is 14.2 Å². The van der Waals surface area contributed by atoms with Crippen LogP contribution in [0.25, 0.3) is 0 Å². The predicted octanol–water partition coefficient (Wildman–Crippen LogP) is 5.10. The van der Waals surface area contributed by atoms with Crippen LogP contribution in [0.5, 0.6) is 0 Å². The molecule has 4 rings (SSSR count). The van der Waals surface area contributed by atoms with Crippen LogP contribution in [-0.2, 0) is 38.2 Å². The molecule has 2 bridgehead atoms. The van der Waals surface area contributed by atoms with Crippen LogP contribution >= 0.6 is 0 Å². The van der Waals surface area contributed by atoms with Crippen molar-refractivity contribution in [2.75, 3.05) is 20.8 Å². The van der Waals surface area contributed by atoms with Gasteiger partial charge in [0.25, 0.3) is 11.7 Å². The Kier molecular flexibility index (Phi) is 20.3. The lowest BCUT2D eigenvalue weighted by atomic mass is 9.78. The molecule has 5 N–H and O–H groups in total. The highest BCUT2D eigenvalue weighted by Gasteiger charge is 2.51. The molecule has 360 valence electrons. The first-order valence-electron chi connectivity index (χ1n) is 23.6. The molecule has 64 heavy (non-hydrogen) atoms. The minimum Gasteiger partial charge on any atom is -0.460 e. The van der Waals surface area contributed by atoms with Crippen molar-refractivity contribution in [3.05, 3.63) is 47.6 Å². The molecule has 0 aromatic heterocycles. The lowest BCUT2D eigenvalue weighted by Gasteiger charge is -2.43. The summed E-state index contributed by atoms with van der Waals surface area (Å²) >= 11 is 0. The number of carbonyl (C=O) groups is 5. The number of Topliss-reactive ketones (excluding diaryl/α,β-unsaturated/α-hetero) is 3. The van der Waals surface area contributed by atoms with Crippen LogP contribution in [0.3, 0.4) is 0 Å². The fraction of sp³-hybridized carbons (Fsp3) is 0.740. The van der Waals surface area contributed by atoms with Gasteiger partial charge in [-0.25, -0.2) is 4.79 Å². The molecule has 3 heterocycles. The molecule has 0 aromatic carbocycles. The molecule has 1 amide bonds. The Labute approximate surface area is 380 Å². The molecule has 3 fully saturated rings. The molecule has 15 atom stereocenters. The fourth-order valence-electron chi connectivity index (χ4n) is 10.1. The number of amides is 1. The van der Waals surface area contributed by atoms with Crippen molar-refractivity contribution >= 4 is 29.2 Å². The molecule has 0 radical (unpaired) electrons. The Hall–Kier alpha value is -3.37. The molecule has 1 aliphatic carbocycles. The number of aliphatic hydroxyl groups is 4. The van der Waals surface area contributed by atoms with Crippen LogP contribution in [-0.4, -0.2) is 130 Å². The highest BCUT2D eigenvalue weighted by atomic mass is 16.5. The van der Waals surface area contributed by atoms with Crippen LogP contribution in [0.15, 0.2) is 47.6 Å². The summed E-state index contributed by atoms with van der Waals surface area (Å²) in [6.45, 7) is 12.8. The normalized spacial score (nSPS) is 40.9. The van der Waals surface area contributed by atoms with E-state index in [9.17, 15) is 44.4 Å². The van der Waals surface area contributed by atoms with Crippen LogP contribution in [0, 0.1) is 35.5 Å². The second-order valence-electron chi connectivity index (χ2n) is 19.6. The summed E-state index contributed by atoms with van der Waals surface area (Å²) < 4.78 is 17.6. The van der Waals surface area contributed by atoms with Gasteiger partial charge in [-0.05, 0) is 113 Å². The third-order valence-electron chi connectivity index (χ3n) is 14.4. The average Bonchev–Trinajstić information content (AvgIpc) is 3.26. The van der Waals surface area contributed by atoms with E-state index in [0.717, 1.165) is 5.57 Å². The van der Waals surface area contributed by atoms with Gasteiger partial charge in [0.1, 0.15) is 30.1 Å². The van der Waals surface area contributed by atoms with Gasteiger partial charge in [-0.15, -0.1) is 0 Å². The molecule has 3 aliphatic heterocycles. The molecule has 4 aliphatic rings. The minimum absolute atomic E-state index is 0.00712. The van der Waals surface area contributed by atoms with E-state index >= 15 is 0 Å². The van der Waals surface area contributed by atoms with Crippen LogP contribution in [0.1, 0.15) is 126 Å². The number of rotatable bonds is 5. The second kappa shape index (κ2) is 24.4. The monoisotopic (exact) mass is 899 g/mol. The zero-order valence-electron chi connectivity index (χ0n) is 39.7. The third-order valence-corrected chi connectivity index (χ3v) is 14.4. The summed E-state index contributed by atoms with van der Waals surface area (Å²) in [6, 6.07) is -1.50. The van der Waals surface area contributed by atoms with Gasteiger partial charge in [-0.2, -0.15) is 0 Å². The second-order valence-corrected chi connectivity index (χ2v) is 19.6. The lowest BCUT2D eigenvalue weighted by Crippen LogP contribution is -2.67. The first-order valence-corrected chi connectivity index (χ1v) is 23.6. The molecule has 1 unspecified atom stereocenters. The number of carbonyl (C=O) groups excluding carboxylic acids is 5. The van der Waals surface area contributed by atoms with Gasteiger partial charge in [0.15, 0.2) is 11.5 Å². The van der Waals surface area contributed by atoms with E-state index < -0.39 is 77.7 Å². The molecule has 14 heteroatoms. The highest BCUT2D eigenvalue weighted by Crippen LogP contribution is 2.35. The smallest absolute Gasteiger partial charge is 0.329 e. The number of cyclic esters (lactones) is 1. The van der Waals surface area contributed by atoms with Crippen LogP contribution < -0.4 is 5.32 Å². The minimum atomic E-state index is -2.19. The molecular formula is C50H78N2O12. The Morgan fingerprint density at radius 1 is 0.859 bits per heavy atom.